The first-order chi connectivity index (χ1) is 9.97. The van der Waals surface area contributed by atoms with E-state index >= 15 is 0 Å². The average molecular weight is 295 g/mol. The van der Waals surface area contributed by atoms with Crippen molar-refractivity contribution in [3.05, 3.63) is 29.5 Å². The lowest BCUT2D eigenvalue weighted by Crippen LogP contribution is -1.97. The van der Waals surface area contributed by atoms with E-state index < -0.39 is 12.1 Å². The fraction of sp³-hybridized carbons (Fsp3) is 0.286. The first-order valence-corrected chi connectivity index (χ1v) is 6.08. The summed E-state index contributed by atoms with van der Waals surface area (Å²) in [7, 11) is 2.87. The number of hydrogen-bond acceptors (Lipinski definition) is 5. The number of alkyl halides is 1. The Morgan fingerprint density at radius 2 is 1.95 bits per heavy atom. The van der Waals surface area contributed by atoms with Gasteiger partial charge in [-0.25, -0.2) is 9.18 Å². The molecule has 1 unspecified atom stereocenters. The van der Waals surface area contributed by atoms with Gasteiger partial charge < -0.3 is 19.1 Å². The smallest absolute Gasteiger partial charge is 0.374 e. The van der Waals surface area contributed by atoms with Crippen molar-refractivity contribution in [3.63, 3.8) is 0 Å². The van der Waals surface area contributed by atoms with E-state index in [2.05, 4.69) is 5.16 Å². The lowest BCUT2D eigenvalue weighted by molar-refractivity contribution is 0.0652. The van der Waals surface area contributed by atoms with Gasteiger partial charge in [0.1, 0.15) is 23.4 Å². The average Bonchev–Trinajstić information content (AvgIpc) is 2.95. The molecule has 0 aliphatic rings. The Kier molecular flexibility index (Phi) is 4.11. The van der Waals surface area contributed by atoms with Gasteiger partial charge >= 0.3 is 5.97 Å². The minimum atomic E-state index is -1.27. The molecule has 0 aliphatic carbocycles. The zero-order valence-electron chi connectivity index (χ0n) is 11.7. The van der Waals surface area contributed by atoms with E-state index in [1.165, 1.54) is 39.3 Å². The zero-order valence-corrected chi connectivity index (χ0v) is 11.7. The van der Waals surface area contributed by atoms with Crippen LogP contribution in [-0.4, -0.2) is 30.5 Å². The number of hydrogen-bond donors (Lipinski definition) is 1. The summed E-state index contributed by atoms with van der Waals surface area (Å²) in [6.07, 6.45) is -1.27. The van der Waals surface area contributed by atoms with Crippen molar-refractivity contribution < 1.29 is 28.3 Å². The third-order valence-electron chi connectivity index (χ3n) is 2.98. The van der Waals surface area contributed by atoms with Crippen LogP contribution in [0, 0.1) is 0 Å². The molecule has 1 aromatic carbocycles. The number of nitrogens with zero attached hydrogens (tertiary/aromatic N) is 1. The van der Waals surface area contributed by atoms with Crippen LogP contribution in [-0.2, 0) is 0 Å². The molecule has 0 saturated carbocycles. The summed E-state index contributed by atoms with van der Waals surface area (Å²) in [5.74, 6) is -0.827. The fourth-order valence-electron chi connectivity index (χ4n) is 1.94. The van der Waals surface area contributed by atoms with Crippen LogP contribution in [0.15, 0.2) is 22.7 Å². The monoisotopic (exact) mass is 295 g/mol. The number of carbonyl (C=O) groups is 1. The zero-order chi connectivity index (χ0) is 15.6. The van der Waals surface area contributed by atoms with E-state index in [9.17, 15) is 9.18 Å². The molecule has 1 N–H and O–H groups in total. The first kappa shape index (κ1) is 14.8. The molecule has 1 heterocycles. The highest BCUT2D eigenvalue weighted by molar-refractivity contribution is 5.86. The summed E-state index contributed by atoms with van der Waals surface area (Å²) in [6.45, 7) is 1.37. The predicted octanol–water partition coefficient (Wildman–Crippen LogP) is 3.09. The molecule has 0 fully saturated rings. The molecule has 0 amide bonds. The Balaban J connectivity index is 2.60. The van der Waals surface area contributed by atoms with Gasteiger partial charge in [0.2, 0.25) is 5.76 Å². The second-order valence-corrected chi connectivity index (χ2v) is 4.29. The maximum absolute atomic E-state index is 13.7. The van der Waals surface area contributed by atoms with Crippen molar-refractivity contribution >= 4 is 5.97 Å². The van der Waals surface area contributed by atoms with Crippen molar-refractivity contribution in [1.82, 2.24) is 5.16 Å². The van der Waals surface area contributed by atoms with Crippen molar-refractivity contribution in [2.24, 2.45) is 0 Å². The Bertz CT molecular complexity index is 665. The fourth-order valence-corrected chi connectivity index (χ4v) is 1.94. The lowest BCUT2D eigenvalue weighted by atomic mass is 10.0. The SMILES string of the molecule is COc1cc(OC)c(C(C)F)cc1-c1cc(C(=O)O)on1. The van der Waals surface area contributed by atoms with Gasteiger partial charge in [-0.1, -0.05) is 5.16 Å². The van der Waals surface area contributed by atoms with Crippen LogP contribution < -0.4 is 9.47 Å². The molecule has 21 heavy (non-hydrogen) atoms. The summed E-state index contributed by atoms with van der Waals surface area (Å²) in [5.41, 5.74) is 0.982. The van der Waals surface area contributed by atoms with Gasteiger partial charge in [0.25, 0.3) is 0 Å². The molecule has 1 aromatic heterocycles. The molecule has 0 aliphatic heterocycles. The van der Waals surface area contributed by atoms with Crippen LogP contribution in [0.1, 0.15) is 29.2 Å². The van der Waals surface area contributed by atoms with Gasteiger partial charge in [-0.2, -0.15) is 0 Å². The summed E-state index contributed by atoms with van der Waals surface area (Å²) in [5, 5.41) is 12.5. The van der Waals surface area contributed by atoms with E-state index in [4.69, 9.17) is 19.1 Å². The van der Waals surface area contributed by atoms with E-state index in [1.54, 1.807) is 0 Å². The number of ether oxygens (including phenoxy) is 2. The van der Waals surface area contributed by atoms with Crippen molar-refractivity contribution in [2.45, 2.75) is 13.1 Å². The molecule has 1 atom stereocenters. The van der Waals surface area contributed by atoms with Crippen LogP contribution in [0.5, 0.6) is 11.5 Å². The quantitative estimate of drug-likeness (QED) is 0.912. The molecule has 2 rings (SSSR count). The minimum absolute atomic E-state index is 0.244. The number of benzene rings is 1. The Morgan fingerprint density at radius 1 is 1.29 bits per heavy atom. The first-order valence-electron chi connectivity index (χ1n) is 6.08. The molecular weight excluding hydrogens is 281 g/mol. The molecule has 0 bridgehead atoms. The van der Waals surface area contributed by atoms with Gasteiger partial charge in [-0.05, 0) is 13.0 Å². The molecule has 7 heteroatoms. The standard InChI is InChI=1S/C14H14FNO5/c1-7(15)8-4-9(12(20-3)6-11(8)19-2)10-5-13(14(17)18)21-16-10/h4-7H,1-3H3,(H,17,18). The number of aromatic carboxylic acids is 1. The molecule has 2 aromatic rings. The Hall–Kier alpha value is -2.57. The summed E-state index contributed by atoms with van der Waals surface area (Å²) < 4.78 is 28.7. The highest BCUT2D eigenvalue weighted by Crippen LogP contribution is 2.39. The summed E-state index contributed by atoms with van der Waals surface area (Å²) >= 11 is 0. The number of rotatable bonds is 5. The highest BCUT2D eigenvalue weighted by atomic mass is 19.1. The molecule has 6 nitrogen and oxygen atoms in total. The van der Waals surface area contributed by atoms with Gasteiger partial charge in [0, 0.05) is 23.3 Å². The largest absolute Gasteiger partial charge is 0.496 e. The second kappa shape index (κ2) is 5.82. The Morgan fingerprint density at radius 3 is 2.43 bits per heavy atom. The number of carboxylic acids is 1. The van der Waals surface area contributed by atoms with Crippen molar-refractivity contribution in [3.8, 4) is 22.8 Å². The molecular formula is C14H14FNO5. The van der Waals surface area contributed by atoms with Crippen LogP contribution in [0.25, 0.3) is 11.3 Å². The Labute approximate surface area is 120 Å². The number of carboxylic acid groups (broad SMARTS) is 1. The molecule has 0 radical (unpaired) electrons. The number of methoxy groups -OCH3 is 2. The maximum atomic E-state index is 13.7. The second-order valence-electron chi connectivity index (χ2n) is 4.29. The van der Waals surface area contributed by atoms with E-state index in [0.717, 1.165) is 0 Å². The number of halogens is 1. The lowest BCUT2D eigenvalue weighted by Gasteiger charge is -2.14. The third kappa shape index (κ3) is 2.81. The predicted molar refractivity (Wildman–Crippen MR) is 71.5 cm³/mol. The normalized spacial score (nSPS) is 12.0. The van der Waals surface area contributed by atoms with Gasteiger partial charge in [-0.15, -0.1) is 0 Å². The highest BCUT2D eigenvalue weighted by Gasteiger charge is 2.20. The van der Waals surface area contributed by atoms with Crippen LogP contribution in [0.2, 0.25) is 0 Å². The summed E-state index contributed by atoms with van der Waals surface area (Å²) in [6, 6.07) is 4.28. The minimum Gasteiger partial charge on any atom is -0.496 e. The van der Waals surface area contributed by atoms with Crippen LogP contribution >= 0.6 is 0 Å². The molecule has 0 saturated heterocycles. The molecule has 0 spiro atoms. The van der Waals surface area contributed by atoms with Crippen molar-refractivity contribution in [2.75, 3.05) is 14.2 Å². The topological polar surface area (TPSA) is 81.8 Å². The van der Waals surface area contributed by atoms with E-state index in [-0.39, 0.29) is 11.5 Å². The van der Waals surface area contributed by atoms with Gasteiger partial charge in [0.15, 0.2) is 0 Å². The summed E-state index contributed by atoms with van der Waals surface area (Å²) in [4.78, 5) is 10.8. The van der Waals surface area contributed by atoms with Crippen molar-refractivity contribution in [1.29, 1.82) is 0 Å². The van der Waals surface area contributed by atoms with E-state index in [1.807, 2.05) is 0 Å². The van der Waals surface area contributed by atoms with Gasteiger partial charge in [0.05, 0.1) is 14.2 Å². The third-order valence-corrected chi connectivity index (χ3v) is 2.98. The van der Waals surface area contributed by atoms with Crippen LogP contribution in [0.4, 0.5) is 4.39 Å². The van der Waals surface area contributed by atoms with Crippen LogP contribution in [0.3, 0.4) is 0 Å². The maximum Gasteiger partial charge on any atom is 0.374 e. The number of aromatic nitrogens is 1. The van der Waals surface area contributed by atoms with E-state index in [0.29, 0.717) is 22.6 Å². The molecule has 112 valence electrons. The van der Waals surface area contributed by atoms with Gasteiger partial charge in [-0.3, -0.25) is 0 Å².